The molecule has 4 heteroatoms. The van der Waals surface area contributed by atoms with E-state index >= 15 is 0 Å². The first kappa shape index (κ1) is 12.0. The first-order valence-corrected chi connectivity index (χ1v) is 4.94. The van der Waals surface area contributed by atoms with Gasteiger partial charge in [0.15, 0.2) is 0 Å². The summed E-state index contributed by atoms with van der Waals surface area (Å²) >= 11 is 8.79. The number of thiol groups is 1. The quantitative estimate of drug-likeness (QED) is 0.371. The molecule has 0 aliphatic carbocycles. The summed E-state index contributed by atoms with van der Waals surface area (Å²) in [6.07, 6.45) is 0. The molecule has 50 valence electrons. The third kappa shape index (κ3) is 3.62. The Hall–Kier alpha value is 2.03. The minimum atomic E-state index is 0. The van der Waals surface area contributed by atoms with Crippen LogP contribution in [-0.2, 0) is 0 Å². The van der Waals surface area contributed by atoms with Crippen LogP contribution in [-0.4, -0.2) is 0 Å². The molecule has 0 heterocycles. The Labute approximate surface area is 117 Å². The number of hydrogen-bond acceptors (Lipinski definition) is 1. The molecular weight excluding hydrogens is 381 g/mol. The molecule has 1 rings (SSSR count). The van der Waals surface area contributed by atoms with Crippen molar-refractivity contribution in [1.82, 2.24) is 0 Å². The fourth-order valence-corrected chi connectivity index (χ4v) is 1.77. The van der Waals surface area contributed by atoms with Gasteiger partial charge in [0.1, 0.15) is 0 Å². The summed E-state index contributed by atoms with van der Waals surface area (Å²) in [6, 6.07) is 6.18. The van der Waals surface area contributed by atoms with Gasteiger partial charge in [0.2, 0.25) is 0 Å². The Bertz CT molecular complexity index is 232. The summed E-state index contributed by atoms with van der Waals surface area (Å²) in [6.45, 7) is 0. The summed E-state index contributed by atoms with van der Waals surface area (Å²) in [5.74, 6) is 0. The molecule has 0 saturated heterocycles. The molecule has 0 atom stereocenters. The number of benzene rings is 1. The Morgan fingerprint density at radius 1 is 1.30 bits per heavy atom. The molecule has 0 aliphatic heterocycles. The SMILES string of the molecule is Sc1cc(I)ccc1I.[H-].[Na+]. The topological polar surface area (TPSA) is 0 Å². The van der Waals surface area contributed by atoms with E-state index < -0.39 is 0 Å². The molecule has 0 bridgehead atoms. The van der Waals surface area contributed by atoms with E-state index in [4.69, 9.17) is 0 Å². The minimum Gasteiger partial charge on any atom is -1.00 e. The van der Waals surface area contributed by atoms with Crippen molar-refractivity contribution in [1.29, 1.82) is 0 Å². The molecule has 0 spiro atoms. The molecule has 0 nitrogen and oxygen atoms in total. The van der Waals surface area contributed by atoms with Crippen LogP contribution in [0.3, 0.4) is 0 Å². The van der Waals surface area contributed by atoms with E-state index in [2.05, 4.69) is 69.9 Å². The molecule has 1 aromatic carbocycles. The third-order valence-corrected chi connectivity index (χ3v) is 3.32. The Morgan fingerprint density at radius 2 is 1.90 bits per heavy atom. The zero-order chi connectivity index (χ0) is 6.85. The molecule has 0 aromatic heterocycles. The van der Waals surface area contributed by atoms with Gasteiger partial charge in [-0.25, -0.2) is 0 Å². The second-order valence-corrected chi connectivity index (χ2v) is 4.49. The summed E-state index contributed by atoms with van der Waals surface area (Å²) in [4.78, 5) is 1.06. The van der Waals surface area contributed by atoms with Gasteiger partial charge in [-0.1, -0.05) is 0 Å². The maximum Gasteiger partial charge on any atom is 1.00 e. The van der Waals surface area contributed by atoms with Crippen LogP contribution < -0.4 is 29.6 Å². The normalized spacial score (nSPS) is 8.70. The van der Waals surface area contributed by atoms with Crippen LogP contribution in [0.1, 0.15) is 1.43 Å². The van der Waals surface area contributed by atoms with Crippen molar-refractivity contribution in [2.75, 3.05) is 0 Å². The smallest absolute Gasteiger partial charge is 1.00 e. The van der Waals surface area contributed by atoms with Gasteiger partial charge in [0.25, 0.3) is 0 Å². The van der Waals surface area contributed by atoms with Crippen LogP contribution in [0.25, 0.3) is 0 Å². The molecule has 10 heavy (non-hydrogen) atoms. The zero-order valence-electron chi connectivity index (χ0n) is 6.44. The minimum absolute atomic E-state index is 0. The molecule has 0 unspecified atom stereocenters. The van der Waals surface area contributed by atoms with E-state index in [0.29, 0.717) is 0 Å². The first-order chi connectivity index (χ1) is 4.20. The summed E-state index contributed by atoms with van der Waals surface area (Å²) < 4.78 is 2.44. The Morgan fingerprint density at radius 3 is 2.30 bits per heavy atom. The van der Waals surface area contributed by atoms with Gasteiger partial charge in [-0.05, 0) is 63.4 Å². The van der Waals surface area contributed by atoms with Crippen LogP contribution in [0, 0.1) is 7.14 Å². The van der Waals surface area contributed by atoms with Gasteiger partial charge in [-0.15, -0.1) is 12.6 Å². The monoisotopic (exact) mass is 386 g/mol. The molecule has 0 saturated carbocycles. The molecule has 0 amide bonds. The van der Waals surface area contributed by atoms with E-state index in [-0.39, 0.29) is 31.0 Å². The molecule has 0 radical (unpaired) electrons. The van der Waals surface area contributed by atoms with Crippen LogP contribution in [0.15, 0.2) is 23.1 Å². The van der Waals surface area contributed by atoms with Gasteiger partial charge in [0, 0.05) is 12.0 Å². The largest absolute Gasteiger partial charge is 1.00 e. The Kier molecular flexibility index (Phi) is 6.78. The van der Waals surface area contributed by atoms with Gasteiger partial charge < -0.3 is 1.43 Å². The van der Waals surface area contributed by atoms with E-state index in [9.17, 15) is 0 Å². The van der Waals surface area contributed by atoms with Crippen molar-refractivity contribution in [3.05, 3.63) is 25.3 Å². The molecule has 1 aromatic rings. The summed E-state index contributed by atoms with van der Waals surface area (Å²) in [5.41, 5.74) is 0. The molecular formula is C6H5I2NaS. The van der Waals surface area contributed by atoms with Crippen molar-refractivity contribution < 1.29 is 31.0 Å². The van der Waals surface area contributed by atoms with Crippen molar-refractivity contribution in [2.45, 2.75) is 4.90 Å². The molecule has 0 aliphatic rings. The maximum atomic E-state index is 4.26. The van der Waals surface area contributed by atoms with Crippen LogP contribution in [0.4, 0.5) is 0 Å². The maximum absolute atomic E-state index is 4.26. The van der Waals surface area contributed by atoms with Crippen molar-refractivity contribution >= 4 is 57.8 Å². The summed E-state index contributed by atoms with van der Waals surface area (Å²) in [5, 5.41) is 0. The molecule has 0 N–H and O–H groups in total. The first-order valence-electron chi connectivity index (χ1n) is 2.34. The fourth-order valence-electron chi connectivity index (χ4n) is 0.486. The number of hydrogen-bond donors (Lipinski definition) is 1. The van der Waals surface area contributed by atoms with E-state index in [1.807, 2.05) is 6.07 Å². The van der Waals surface area contributed by atoms with Crippen molar-refractivity contribution in [2.24, 2.45) is 0 Å². The van der Waals surface area contributed by atoms with Crippen molar-refractivity contribution in [3.63, 3.8) is 0 Å². The predicted molar refractivity (Wildman–Crippen MR) is 60.2 cm³/mol. The van der Waals surface area contributed by atoms with E-state index in [0.717, 1.165) is 4.90 Å². The van der Waals surface area contributed by atoms with Crippen LogP contribution in [0.5, 0.6) is 0 Å². The fraction of sp³-hybridized carbons (Fsp3) is 0. The second kappa shape index (κ2) is 5.64. The van der Waals surface area contributed by atoms with Gasteiger partial charge >= 0.3 is 29.6 Å². The average Bonchev–Trinajstić information content (AvgIpc) is 1.80. The average molecular weight is 386 g/mol. The van der Waals surface area contributed by atoms with Crippen LogP contribution in [0.2, 0.25) is 0 Å². The molecule has 0 fully saturated rings. The second-order valence-electron chi connectivity index (χ2n) is 1.60. The van der Waals surface area contributed by atoms with Crippen LogP contribution >= 0.6 is 57.8 Å². The standard InChI is InChI=1S/C6H4I2S.Na.H/c7-4-1-2-5(8)6(9)3-4;;/h1-3,9H;;/q;+1;-1. The van der Waals surface area contributed by atoms with E-state index in [1.54, 1.807) is 0 Å². The van der Waals surface area contributed by atoms with Gasteiger partial charge in [0.05, 0.1) is 0 Å². The third-order valence-electron chi connectivity index (χ3n) is 0.908. The Balaban J connectivity index is 0. The number of rotatable bonds is 0. The summed E-state index contributed by atoms with van der Waals surface area (Å²) in [7, 11) is 0. The van der Waals surface area contributed by atoms with E-state index in [1.165, 1.54) is 7.14 Å². The number of halogens is 2. The predicted octanol–water partition coefficient (Wildman–Crippen LogP) is 0.301. The van der Waals surface area contributed by atoms with Gasteiger partial charge in [-0.2, -0.15) is 0 Å². The zero-order valence-corrected chi connectivity index (χ0v) is 12.6. The van der Waals surface area contributed by atoms with Gasteiger partial charge in [-0.3, -0.25) is 0 Å². The van der Waals surface area contributed by atoms with Crippen molar-refractivity contribution in [3.8, 4) is 0 Å².